The van der Waals surface area contributed by atoms with Crippen molar-refractivity contribution in [3.63, 3.8) is 0 Å². The number of carboxylic acid groups (broad SMARTS) is 1. The summed E-state index contributed by atoms with van der Waals surface area (Å²) in [6.07, 6.45) is -0.143. The first-order valence-corrected chi connectivity index (χ1v) is 12.4. The Labute approximate surface area is 215 Å². The molecule has 1 unspecified atom stereocenters. The first-order valence-electron chi connectivity index (χ1n) is 11.5. The molecule has 0 spiro atoms. The van der Waals surface area contributed by atoms with Crippen molar-refractivity contribution in [1.29, 1.82) is 0 Å². The molecule has 2 aromatic carbocycles. The van der Waals surface area contributed by atoms with Gasteiger partial charge in [0.25, 0.3) is 5.91 Å². The SMILES string of the molecule is CC1(C)S[C@@H]2C(NC(=O)Cc3ccccc3NC(=O)c3cc4ccccc4oc3=O)C(=O)N2[C@H]1C(=O)O. The highest BCUT2D eigenvalue weighted by molar-refractivity contribution is 8.01. The third kappa shape index (κ3) is 4.35. The maximum atomic E-state index is 12.9. The number of carbonyl (C=O) groups is 4. The number of amides is 3. The summed E-state index contributed by atoms with van der Waals surface area (Å²) < 4.78 is 4.54. The average Bonchev–Trinajstić information content (AvgIpc) is 3.11. The molecule has 3 heterocycles. The minimum atomic E-state index is -1.08. The summed E-state index contributed by atoms with van der Waals surface area (Å²) >= 11 is 1.34. The molecule has 5 rings (SSSR count). The van der Waals surface area contributed by atoms with Crippen LogP contribution >= 0.6 is 11.8 Å². The number of para-hydroxylation sites is 2. The third-order valence-corrected chi connectivity index (χ3v) is 8.07. The summed E-state index contributed by atoms with van der Waals surface area (Å²) in [6, 6.07) is 13.1. The second kappa shape index (κ2) is 9.07. The van der Waals surface area contributed by atoms with Gasteiger partial charge >= 0.3 is 11.6 Å². The molecule has 2 aliphatic rings. The molecule has 2 aliphatic heterocycles. The van der Waals surface area contributed by atoms with E-state index in [1.54, 1.807) is 62.4 Å². The molecule has 3 atom stereocenters. The fraction of sp³-hybridized carbons (Fsp3) is 0.269. The quantitative estimate of drug-likeness (QED) is 0.331. The number of nitrogens with one attached hydrogen (secondary N) is 2. The lowest BCUT2D eigenvalue weighted by Crippen LogP contribution is -2.70. The van der Waals surface area contributed by atoms with Crippen LogP contribution < -0.4 is 16.3 Å². The number of fused-ring (bicyclic) bond motifs is 2. The Hall–Kier alpha value is -4.12. The fourth-order valence-corrected chi connectivity index (χ4v) is 6.37. The molecular formula is C26H23N3O7S. The molecule has 3 aromatic rings. The van der Waals surface area contributed by atoms with Gasteiger partial charge in [-0.25, -0.2) is 9.59 Å². The molecule has 3 amide bonds. The number of rotatable bonds is 6. The number of hydrogen-bond donors (Lipinski definition) is 3. The Morgan fingerprint density at radius 3 is 2.54 bits per heavy atom. The summed E-state index contributed by atoms with van der Waals surface area (Å²) in [5, 5.41) is 15.1. The molecule has 10 nitrogen and oxygen atoms in total. The molecule has 2 saturated heterocycles. The summed E-state index contributed by atoms with van der Waals surface area (Å²) in [7, 11) is 0. The predicted octanol–water partition coefficient (Wildman–Crippen LogP) is 2.22. The number of carboxylic acids is 1. The Kier molecular flexibility index (Phi) is 6.03. The molecule has 0 radical (unpaired) electrons. The van der Waals surface area contributed by atoms with Crippen LogP contribution in [0.3, 0.4) is 0 Å². The number of carbonyl (C=O) groups excluding carboxylic acids is 3. The summed E-state index contributed by atoms with van der Waals surface area (Å²) in [5.41, 5.74) is 0.218. The Bertz CT molecular complexity index is 1520. The van der Waals surface area contributed by atoms with E-state index >= 15 is 0 Å². The molecule has 3 N–H and O–H groups in total. The maximum Gasteiger partial charge on any atom is 0.349 e. The number of thioether (sulfide) groups is 1. The van der Waals surface area contributed by atoms with Gasteiger partial charge in [-0.1, -0.05) is 36.4 Å². The topological polar surface area (TPSA) is 146 Å². The fourth-order valence-electron chi connectivity index (χ4n) is 4.75. The zero-order valence-corrected chi connectivity index (χ0v) is 20.7. The Morgan fingerprint density at radius 2 is 1.78 bits per heavy atom. The molecule has 11 heteroatoms. The lowest BCUT2D eigenvalue weighted by molar-refractivity contribution is -0.161. The zero-order valence-electron chi connectivity index (χ0n) is 19.9. The molecule has 37 heavy (non-hydrogen) atoms. The van der Waals surface area contributed by atoms with Crippen LogP contribution in [0.2, 0.25) is 0 Å². The van der Waals surface area contributed by atoms with Crippen LogP contribution in [-0.2, 0) is 20.8 Å². The second-order valence-corrected chi connectivity index (χ2v) is 11.2. The van der Waals surface area contributed by atoms with Gasteiger partial charge in [0.05, 0.1) is 6.42 Å². The van der Waals surface area contributed by atoms with Crippen molar-refractivity contribution in [1.82, 2.24) is 10.2 Å². The van der Waals surface area contributed by atoms with E-state index in [4.69, 9.17) is 4.42 Å². The van der Waals surface area contributed by atoms with Crippen LogP contribution in [0.25, 0.3) is 11.0 Å². The van der Waals surface area contributed by atoms with Crippen molar-refractivity contribution in [2.45, 2.75) is 42.5 Å². The van der Waals surface area contributed by atoms with E-state index in [2.05, 4.69) is 10.6 Å². The van der Waals surface area contributed by atoms with Crippen molar-refractivity contribution >= 4 is 52.1 Å². The van der Waals surface area contributed by atoms with Crippen LogP contribution in [0.15, 0.2) is 63.8 Å². The van der Waals surface area contributed by atoms with Crippen LogP contribution in [-0.4, -0.2) is 55.9 Å². The molecule has 190 valence electrons. The van der Waals surface area contributed by atoms with Gasteiger partial charge in [-0.3, -0.25) is 14.4 Å². The van der Waals surface area contributed by atoms with E-state index in [1.807, 2.05) is 0 Å². The molecule has 2 fully saturated rings. The molecule has 0 bridgehead atoms. The van der Waals surface area contributed by atoms with Gasteiger partial charge in [0.1, 0.15) is 28.6 Å². The maximum absolute atomic E-state index is 12.9. The Balaban J connectivity index is 1.29. The highest BCUT2D eigenvalue weighted by Crippen LogP contribution is 2.50. The highest BCUT2D eigenvalue weighted by atomic mass is 32.2. The summed E-state index contributed by atoms with van der Waals surface area (Å²) in [6.45, 7) is 3.52. The van der Waals surface area contributed by atoms with E-state index in [-0.39, 0.29) is 12.0 Å². The van der Waals surface area contributed by atoms with Crippen molar-refractivity contribution < 1.29 is 28.7 Å². The van der Waals surface area contributed by atoms with Crippen LogP contribution in [0.1, 0.15) is 29.8 Å². The lowest BCUT2D eigenvalue weighted by Gasteiger charge is -2.43. The monoisotopic (exact) mass is 521 g/mol. The number of nitrogens with zero attached hydrogens (tertiary/aromatic N) is 1. The lowest BCUT2D eigenvalue weighted by atomic mass is 9.96. The van der Waals surface area contributed by atoms with E-state index in [1.165, 1.54) is 22.7 Å². The van der Waals surface area contributed by atoms with Crippen molar-refractivity contribution in [3.05, 3.63) is 76.1 Å². The van der Waals surface area contributed by atoms with Gasteiger partial charge in [0.2, 0.25) is 11.8 Å². The number of β-lactam (4-membered cyclic amide) rings is 1. The molecule has 1 aromatic heterocycles. The third-order valence-electron chi connectivity index (χ3n) is 6.49. The first kappa shape index (κ1) is 24.6. The van der Waals surface area contributed by atoms with Crippen LogP contribution in [0, 0.1) is 0 Å². The predicted molar refractivity (Wildman–Crippen MR) is 136 cm³/mol. The van der Waals surface area contributed by atoms with E-state index < -0.39 is 51.5 Å². The number of benzene rings is 2. The van der Waals surface area contributed by atoms with E-state index in [0.29, 0.717) is 22.2 Å². The van der Waals surface area contributed by atoms with Crippen LogP contribution in [0.5, 0.6) is 0 Å². The second-order valence-electron chi connectivity index (χ2n) is 9.42. The minimum absolute atomic E-state index is 0.143. The molecule has 0 aliphatic carbocycles. The van der Waals surface area contributed by atoms with Gasteiger partial charge < -0.3 is 25.1 Å². The standard InChI is InChI=1S/C26H23N3O7S/c1-26(2)20(24(33)34)29-22(32)19(23(29)37-26)28-18(30)12-13-7-3-5-9-16(13)27-21(31)15-11-14-8-4-6-10-17(14)36-25(15)35/h3-11,19-20,23H,12H2,1-2H3,(H,27,31)(H,28,30)(H,33,34)/t19?,20-,23+/m0/s1. The van der Waals surface area contributed by atoms with Gasteiger partial charge in [-0.05, 0) is 37.6 Å². The van der Waals surface area contributed by atoms with E-state index in [0.717, 1.165) is 0 Å². The normalized spacial score (nSPS) is 21.7. The summed E-state index contributed by atoms with van der Waals surface area (Å²) in [5.74, 6) is -2.65. The smallest absolute Gasteiger partial charge is 0.349 e. The minimum Gasteiger partial charge on any atom is -0.480 e. The average molecular weight is 522 g/mol. The van der Waals surface area contributed by atoms with Crippen molar-refractivity contribution in [2.24, 2.45) is 0 Å². The van der Waals surface area contributed by atoms with E-state index in [9.17, 15) is 29.1 Å². The first-order chi connectivity index (χ1) is 17.6. The highest BCUT2D eigenvalue weighted by Gasteiger charge is 2.64. The summed E-state index contributed by atoms with van der Waals surface area (Å²) in [4.78, 5) is 63.8. The number of aliphatic carboxylic acids is 1. The number of anilines is 1. The van der Waals surface area contributed by atoms with Crippen molar-refractivity contribution in [3.8, 4) is 0 Å². The van der Waals surface area contributed by atoms with Gasteiger partial charge in [0, 0.05) is 15.8 Å². The van der Waals surface area contributed by atoms with Gasteiger partial charge in [0.15, 0.2) is 0 Å². The number of hydrogen-bond acceptors (Lipinski definition) is 7. The zero-order chi connectivity index (χ0) is 26.5. The van der Waals surface area contributed by atoms with Crippen LogP contribution in [0.4, 0.5) is 5.69 Å². The molecule has 0 saturated carbocycles. The molecular weight excluding hydrogens is 498 g/mol. The van der Waals surface area contributed by atoms with Crippen molar-refractivity contribution in [2.75, 3.05) is 5.32 Å². The Morgan fingerprint density at radius 1 is 1.08 bits per heavy atom. The van der Waals surface area contributed by atoms with Gasteiger partial charge in [-0.15, -0.1) is 11.8 Å². The van der Waals surface area contributed by atoms with Gasteiger partial charge in [-0.2, -0.15) is 0 Å². The largest absolute Gasteiger partial charge is 0.480 e.